The summed E-state index contributed by atoms with van der Waals surface area (Å²) in [5.74, 6) is -0.566. The number of rotatable bonds is 6. The number of hydrogen-bond acceptors (Lipinski definition) is 5. The van der Waals surface area contributed by atoms with Crippen LogP contribution in [0.2, 0.25) is 0 Å². The highest BCUT2D eigenvalue weighted by molar-refractivity contribution is 7.13. The minimum Gasteiger partial charge on any atom is -0.466 e. The maximum atomic E-state index is 11.8. The first-order valence-corrected chi connectivity index (χ1v) is 7.52. The first-order valence-electron chi connectivity index (χ1n) is 6.64. The van der Waals surface area contributed by atoms with E-state index < -0.39 is 0 Å². The first-order chi connectivity index (χ1) is 10.2. The molecule has 1 amide bonds. The molecule has 1 N–H and O–H groups in total. The number of hydrogen-bond donors (Lipinski definition) is 1. The molecule has 1 aromatic carbocycles. The second-order valence-corrected chi connectivity index (χ2v) is 5.17. The average Bonchev–Trinajstić information content (AvgIpc) is 3.00. The van der Waals surface area contributed by atoms with Gasteiger partial charge in [0, 0.05) is 29.2 Å². The van der Waals surface area contributed by atoms with E-state index in [1.165, 1.54) is 11.3 Å². The van der Waals surface area contributed by atoms with Crippen molar-refractivity contribution >= 4 is 28.9 Å². The lowest BCUT2D eigenvalue weighted by atomic mass is 10.2. The molecule has 0 aliphatic heterocycles. The van der Waals surface area contributed by atoms with Crippen molar-refractivity contribution in [3.05, 3.63) is 35.8 Å². The van der Waals surface area contributed by atoms with E-state index in [-0.39, 0.29) is 24.7 Å². The van der Waals surface area contributed by atoms with Gasteiger partial charge in [-0.2, -0.15) is 0 Å². The van der Waals surface area contributed by atoms with Crippen molar-refractivity contribution in [2.24, 2.45) is 0 Å². The predicted molar refractivity (Wildman–Crippen MR) is 82.0 cm³/mol. The molecule has 0 fully saturated rings. The van der Waals surface area contributed by atoms with Gasteiger partial charge in [0.25, 0.3) is 0 Å². The van der Waals surface area contributed by atoms with Crippen LogP contribution < -0.4 is 5.32 Å². The summed E-state index contributed by atoms with van der Waals surface area (Å²) in [4.78, 5) is 27.2. The Hall–Kier alpha value is -2.21. The van der Waals surface area contributed by atoms with Crippen LogP contribution in [0.3, 0.4) is 0 Å². The summed E-state index contributed by atoms with van der Waals surface area (Å²) < 4.78 is 4.78. The van der Waals surface area contributed by atoms with Gasteiger partial charge in [0.2, 0.25) is 5.91 Å². The Bertz CT molecular complexity index is 611. The maximum absolute atomic E-state index is 11.8. The summed E-state index contributed by atoms with van der Waals surface area (Å²) >= 11 is 1.54. The lowest BCUT2D eigenvalue weighted by Gasteiger charge is -2.06. The van der Waals surface area contributed by atoms with Crippen LogP contribution in [0.25, 0.3) is 10.6 Å². The van der Waals surface area contributed by atoms with Crippen molar-refractivity contribution in [1.29, 1.82) is 0 Å². The number of nitrogens with zero attached hydrogens (tertiary/aromatic N) is 1. The fraction of sp³-hybridized carbons (Fsp3) is 0.267. The third-order valence-corrected chi connectivity index (χ3v) is 3.51. The predicted octanol–water partition coefficient (Wildman–Crippen LogP) is 3.09. The zero-order valence-electron chi connectivity index (χ0n) is 11.7. The zero-order chi connectivity index (χ0) is 15.1. The summed E-state index contributed by atoms with van der Waals surface area (Å²) in [5.41, 5.74) is 1.64. The molecule has 0 aliphatic rings. The third kappa shape index (κ3) is 4.68. The van der Waals surface area contributed by atoms with Crippen LogP contribution in [0.5, 0.6) is 0 Å². The quantitative estimate of drug-likeness (QED) is 0.833. The summed E-state index contributed by atoms with van der Waals surface area (Å²) in [6.45, 7) is 2.07. The lowest BCUT2D eigenvalue weighted by molar-refractivity contribution is -0.144. The van der Waals surface area contributed by atoms with Crippen LogP contribution in [-0.2, 0) is 14.3 Å². The molecular formula is C15H16N2O3S. The molecule has 1 aromatic heterocycles. The molecule has 0 saturated carbocycles. The molecule has 0 saturated heterocycles. The van der Waals surface area contributed by atoms with Crippen molar-refractivity contribution in [3.8, 4) is 10.6 Å². The monoisotopic (exact) mass is 304 g/mol. The smallest absolute Gasteiger partial charge is 0.306 e. The van der Waals surface area contributed by atoms with Crippen molar-refractivity contribution < 1.29 is 14.3 Å². The molecule has 6 heteroatoms. The normalized spacial score (nSPS) is 10.1. The zero-order valence-corrected chi connectivity index (χ0v) is 12.5. The summed E-state index contributed by atoms with van der Waals surface area (Å²) in [7, 11) is 0. The molecule has 1 heterocycles. The van der Waals surface area contributed by atoms with Crippen LogP contribution in [0, 0.1) is 0 Å². The molecular weight excluding hydrogens is 288 g/mol. The van der Waals surface area contributed by atoms with Gasteiger partial charge in [0.05, 0.1) is 13.0 Å². The summed E-state index contributed by atoms with van der Waals surface area (Å²) in [6, 6.07) is 7.46. The molecule has 0 unspecified atom stereocenters. The summed E-state index contributed by atoms with van der Waals surface area (Å²) in [5, 5.41) is 5.58. The van der Waals surface area contributed by atoms with Gasteiger partial charge in [-0.05, 0) is 19.1 Å². The topological polar surface area (TPSA) is 68.3 Å². The minimum absolute atomic E-state index is 0.0891. The van der Waals surface area contributed by atoms with Crippen LogP contribution in [0.1, 0.15) is 19.8 Å². The highest BCUT2D eigenvalue weighted by Crippen LogP contribution is 2.24. The first kappa shape index (κ1) is 15.2. The fourth-order valence-electron chi connectivity index (χ4n) is 1.77. The van der Waals surface area contributed by atoms with Crippen LogP contribution in [-0.4, -0.2) is 23.5 Å². The molecule has 0 radical (unpaired) electrons. The number of benzene rings is 1. The fourth-order valence-corrected chi connectivity index (χ4v) is 2.40. The lowest BCUT2D eigenvalue weighted by Crippen LogP contribution is -2.14. The third-order valence-electron chi connectivity index (χ3n) is 2.69. The Labute approximate surface area is 127 Å². The molecule has 0 atom stereocenters. The van der Waals surface area contributed by atoms with Crippen molar-refractivity contribution in [2.75, 3.05) is 11.9 Å². The van der Waals surface area contributed by atoms with Crippen LogP contribution in [0.15, 0.2) is 35.8 Å². The van der Waals surface area contributed by atoms with Gasteiger partial charge in [-0.25, -0.2) is 4.98 Å². The van der Waals surface area contributed by atoms with Crippen molar-refractivity contribution in [2.45, 2.75) is 19.8 Å². The molecule has 2 aromatic rings. The maximum Gasteiger partial charge on any atom is 0.306 e. The Morgan fingerprint density at radius 2 is 2.19 bits per heavy atom. The molecule has 21 heavy (non-hydrogen) atoms. The number of carbonyl (C=O) groups is 2. The van der Waals surface area contributed by atoms with E-state index in [9.17, 15) is 9.59 Å². The standard InChI is InChI=1S/C15H16N2O3S/c1-2-20-14(19)7-6-13(18)17-12-5-3-4-11(10-12)15-16-8-9-21-15/h3-5,8-10H,2,6-7H2,1H3,(H,17,18). The number of nitrogens with one attached hydrogen (secondary N) is 1. The number of esters is 1. The molecule has 2 rings (SSSR count). The second-order valence-electron chi connectivity index (χ2n) is 4.27. The Kier molecular flexibility index (Phi) is 5.45. The number of amides is 1. The number of aromatic nitrogens is 1. The van der Waals surface area contributed by atoms with Gasteiger partial charge < -0.3 is 10.1 Å². The Morgan fingerprint density at radius 3 is 2.90 bits per heavy atom. The van der Waals surface area contributed by atoms with E-state index in [0.29, 0.717) is 12.3 Å². The van der Waals surface area contributed by atoms with Crippen molar-refractivity contribution in [1.82, 2.24) is 4.98 Å². The van der Waals surface area contributed by atoms with E-state index in [2.05, 4.69) is 10.3 Å². The number of thiazole rings is 1. The number of carbonyl (C=O) groups excluding carboxylic acids is 2. The van der Waals surface area contributed by atoms with E-state index in [0.717, 1.165) is 10.6 Å². The highest BCUT2D eigenvalue weighted by atomic mass is 32.1. The number of ether oxygens (including phenoxy) is 1. The molecule has 0 bridgehead atoms. The highest BCUT2D eigenvalue weighted by Gasteiger charge is 2.08. The molecule has 5 nitrogen and oxygen atoms in total. The van der Waals surface area contributed by atoms with Gasteiger partial charge >= 0.3 is 5.97 Å². The van der Waals surface area contributed by atoms with E-state index in [1.54, 1.807) is 19.2 Å². The summed E-state index contributed by atoms with van der Waals surface area (Å²) in [6.07, 6.45) is 1.94. The van der Waals surface area contributed by atoms with Gasteiger partial charge in [0.1, 0.15) is 5.01 Å². The van der Waals surface area contributed by atoms with Gasteiger partial charge in [-0.3, -0.25) is 9.59 Å². The van der Waals surface area contributed by atoms with Gasteiger partial charge in [-0.15, -0.1) is 11.3 Å². The van der Waals surface area contributed by atoms with Gasteiger partial charge in [0.15, 0.2) is 0 Å². The second kappa shape index (κ2) is 7.54. The van der Waals surface area contributed by atoms with E-state index >= 15 is 0 Å². The SMILES string of the molecule is CCOC(=O)CCC(=O)Nc1cccc(-c2nccs2)c1. The number of anilines is 1. The molecule has 0 aliphatic carbocycles. The van der Waals surface area contributed by atoms with Crippen LogP contribution >= 0.6 is 11.3 Å². The molecule has 110 valence electrons. The average molecular weight is 304 g/mol. The van der Waals surface area contributed by atoms with Crippen molar-refractivity contribution in [3.63, 3.8) is 0 Å². The Morgan fingerprint density at radius 1 is 1.33 bits per heavy atom. The molecule has 0 spiro atoms. The minimum atomic E-state index is -0.357. The van der Waals surface area contributed by atoms with E-state index in [4.69, 9.17) is 4.74 Å². The Balaban J connectivity index is 1.92. The van der Waals surface area contributed by atoms with Crippen LogP contribution in [0.4, 0.5) is 5.69 Å². The van der Waals surface area contributed by atoms with E-state index in [1.807, 2.05) is 23.6 Å². The van der Waals surface area contributed by atoms with Gasteiger partial charge in [-0.1, -0.05) is 12.1 Å². The largest absolute Gasteiger partial charge is 0.466 e.